The van der Waals surface area contributed by atoms with Crippen molar-refractivity contribution in [2.45, 2.75) is 19.4 Å². The number of aryl methyl sites for hydroxylation is 1. The SMILES string of the molecule is Cc1cc(Br)cc(CCl)c1OCc1cccc(F)c1Cl. The molecule has 0 unspecified atom stereocenters. The zero-order valence-corrected chi connectivity index (χ0v) is 13.8. The van der Waals surface area contributed by atoms with E-state index < -0.39 is 5.82 Å². The molecule has 0 saturated heterocycles. The van der Waals surface area contributed by atoms with Gasteiger partial charge in [-0.2, -0.15) is 0 Å². The molecule has 0 heterocycles. The third-order valence-corrected chi connectivity index (χ3v) is 4.03. The molecule has 0 radical (unpaired) electrons. The summed E-state index contributed by atoms with van der Waals surface area (Å²) in [4.78, 5) is 0. The average molecular weight is 378 g/mol. The van der Waals surface area contributed by atoms with Gasteiger partial charge in [-0.25, -0.2) is 4.39 Å². The van der Waals surface area contributed by atoms with E-state index in [2.05, 4.69) is 15.9 Å². The zero-order valence-electron chi connectivity index (χ0n) is 10.7. The van der Waals surface area contributed by atoms with Gasteiger partial charge in [-0.1, -0.05) is 39.7 Å². The van der Waals surface area contributed by atoms with Crippen LogP contribution in [0.25, 0.3) is 0 Å². The monoisotopic (exact) mass is 376 g/mol. The summed E-state index contributed by atoms with van der Waals surface area (Å²) < 4.78 is 20.1. The predicted octanol–water partition coefficient (Wildman–Crippen LogP) is 5.87. The van der Waals surface area contributed by atoms with Crippen LogP contribution in [0.5, 0.6) is 5.75 Å². The highest BCUT2D eigenvalue weighted by Gasteiger charge is 2.11. The van der Waals surface area contributed by atoms with Crippen molar-refractivity contribution in [1.29, 1.82) is 0 Å². The summed E-state index contributed by atoms with van der Waals surface area (Å²) in [6, 6.07) is 8.51. The summed E-state index contributed by atoms with van der Waals surface area (Å²) in [6.45, 7) is 2.13. The molecule has 0 N–H and O–H groups in total. The minimum atomic E-state index is -0.446. The summed E-state index contributed by atoms with van der Waals surface area (Å²) in [5, 5.41) is 0.0923. The standard InChI is InChI=1S/C15H12BrCl2FO/c1-9-5-12(16)6-11(7-17)15(9)20-8-10-3-2-4-13(19)14(10)18/h2-6H,7-8H2,1H3. The maximum atomic E-state index is 13.4. The van der Waals surface area contributed by atoms with Crippen LogP contribution in [-0.2, 0) is 12.5 Å². The Morgan fingerprint density at radius 1 is 1.25 bits per heavy atom. The van der Waals surface area contributed by atoms with Gasteiger partial charge in [0.05, 0.1) is 10.9 Å². The van der Waals surface area contributed by atoms with E-state index in [9.17, 15) is 4.39 Å². The Labute approximate surface area is 135 Å². The summed E-state index contributed by atoms with van der Waals surface area (Å²) in [5.74, 6) is 0.605. The smallest absolute Gasteiger partial charge is 0.142 e. The molecule has 2 aromatic carbocycles. The van der Waals surface area contributed by atoms with E-state index in [0.717, 1.165) is 15.6 Å². The molecule has 0 saturated carbocycles. The second-order valence-electron chi connectivity index (χ2n) is 4.35. The fourth-order valence-electron chi connectivity index (χ4n) is 1.91. The first-order chi connectivity index (χ1) is 9.52. The molecule has 0 aliphatic heterocycles. The lowest BCUT2D eigenvalue weighted by Gasteiger charge is -2.14. The fourth-order valence-corrected chi connectivity index (χ4v) is 2.91. The van der Waals surface area contributed by atoms with E-state index in [4.69, 9.17) is 27.9 Å². The Morgan fingerprint density at radius 3 is 2.70 bits per heavy atom. The van der Waals surface area contributed by atoms with Crippen LogP contribution in [0.3, 0.4) is 0 Å². The van der Waals surface area contributed by atoms with Gasteiger partial charge >= 0.3 is 0 Å². The second-order valence-corrected chi connectivity index (χ2v) is 5.91. The molecular formula is C15H12BrCl2FO. The molecule has 0 spiro atoms. The Bertz CT molecular complexity index is 632. The topological polar surface area (TPSA) is 9.23 Å². The fraction of sp³-hybridized carbons (Fsp3) is 0.200. The van der Waals surface area contributed by atoms with Gasteiger partial charge in [-0.15, -0.1) is 11.6 Å². The number of rotatable bonds is 4. The number of benzene rings is 2. The molecule has 0 fully saturated rings. The highest BCUT2D eigenvalue weighted by atomic mass is 79.9. The van der Waals surface area contributed by atoms with Crippen molar-refractivity contribution in [2.75, 3.05) is 0 Å². The minimum Gasteiger partial charge on any atom is -0.488 e. The Kier molecular flexibility index (Phi) is 5.30. The molecule has 0 atom stereocenters. The molecular weight excluding hydrogens is 366 g/mol. The molecule has 5 heteroatoms. The van der Waals surface area contributed by atoms with Crippen molar-refractivity contribution >= 4 is 39.1 Å². The molecule has 0 bridgehead atoms. The molecule has 0 aliphatic carbocycles. The Morgan fingerprint density at radius 2 is 2.00 bits per heavy atom. The first kappa shape index (κ1) is 15.6. The van der Waals surface area contributed by atoms with Crippen LogP contribution < -0.4 is 4.74 Å². The van der Waals surface area contributed by atoms with E-state index in [1.54, 1.807) is 12.1 Å². The van der Waals surface area contributed by atoms with Crippen LogP contribution in [0, 0.1) is 12.7 Å². The number of alkyl halides is 1. The van der Waals surface area contributed by atoms with E-state index in [1.165, 1.54) is 6.07 Å². The molecule has 20 heavy (non-hydrogen) atoms. The molecule has 2 rings (SSSR count). The largest absolute Gasteiger partial charge is 0.488 e. The van der Waals surface area contributed by atoms with Gasteiger partial charge in [0, 0.05) is 15.6 Å². The quantitative estimate of drug-likeness (QED) is 0.605. The maximum absolute atomic E-state index is 13.4. The summed E-state index contributed by atoms with van der Waals surface area (Å²) in [6.07, 6.45) is 0. The van der Waals surface area contributed by atoms with Gasteiger partial charge in [0.2, 0.25) is 0 Å². The third kappa shape index (κ3) is 3.46. The van der Waals surface area contributed by atoms with Crippen molar-refractivity contribution < 1.29 is 9.13 Å². The normalized spacial score (nSPS) is 10.7. The average Bonchev–Trinajstić information content (AvgIpc) is 2.41. The van der Waals surface area contributed by atoms with Crippen LogP contribution in [0.15, 0.2) is 34.8 Å². The van der Waals surface area contributed by atoms with Crippen molar-refractivity contribution in [3.05, 3.63) is 62.3 Å². The lowest BCUT2D eigenvalue weighted by Crippen LogP contribution is -2.01. The van der Waals surface area contributed by atoms with Crippen LogP contribution in [0.1, 0.15) is 16.7 Å². The van der Waals surface area contributed by atoms with Crippen molar-refractivity contribution in [3.8, 4) is 5.75 Å². The number of ether oxygens (including phenoxy) is 1. The third-order valence-electron chi connectivity index (χ3n) is 2.86. The van der Waals surface area contributed by atoms with Crippen LogP contribution in [0.4, 0.5) is 4.39 Å². The summed E-state index contributed by atoms with van der Waals surface area (Å²) in [7, 11) is 0. The molecule has 1 nitrogen and oxygen atoms in total. The van der Waals surface area contributed by atoms with Crippen LogP contribution in [-0.4, -0.2) is 0 Å². The second kappa shape index (κ2) is 6.79. The number of hydrogen-bond donors (Lipinski definition) is 0. The zero-order chi connectivity index (χ0) is 14.7. The van der Waals surface area contributed by atoms with Gasteiger partial charge in [-0.3, -0.25) is 0 Å². The van der Waals surface area contributed by atoms with Gasteiger partial charge < -0.3 is 4.74 Å². The van der Waals surface area contributed by atoms with Crippen molar-refractivity contribution in [3.63, 3.8) is 0 Å². The maximum Gasteiger partial charge on any atom is 0.142 e. The molecule has 106 valence electrons. The summed E-state index contributed by atoms with van der Waals surface area (Å²) >= 11 is 15.3. The van der Waals surface area contributed by atoms with E-state index in [1.807, 2.05) is 19.1 Å². The Hall–Kier alpha value is -0.770. The van der Waals surface area contributed by atoms with Crippen LogP contribution in [0.2, 0.25) is 5.02 Å². The van der Waals surface area contributed by atoms with Gasteiger partial charge in [0.1, 0.15) is 18.2 Å². The minimum absolute atomic E-state index is 0.0923. The van der Waals surface area contributed by atoms with Crippen molar-refractivity contribution in [1.82, 2.24) is 0 Å². The summed E-state index contributed by atoms with van der Waals surface area (Å²) in [5.41, 5.74) is 2.45. The lowest BCUT2D eigenvalue weighted by atomic mass is 10.1. The van der Waals surface area contributed by atoms with E-state index >= 15 is 0 Å². The van der Waals surface area contributed by atoms with E-state index in [0.29, 0.717) is 17.2 Å². The van der Waals surface area contributed by atoms with Crippen molar-refractivity contribution in [2.24, 2.45) is 0 Å². The van der Waals surface area contributed by atoms with Crippen LogP contribution >= 0.6 is 39.1 Å². The van der Waals surface area contributed by atoms with Gasteiger partial charge in [0.15, 0.2) is 0 Å². The van der Waals surface area contributed by atoms with Gasteiger partial charge in [0.25, 0.3) is 0 Å². The molecule has 0 aromatic heterocycles. The van der Waals surface area contributed by atoms with Gasteiger partial charge in [-0.05, 0) is 30.7 Å². The highest BCUT2D eigenvalue weighted by molar-refractivity contribution is 9.10. The first-order valence-electron chi connectivity index (χ1n) is 5.93. The lowest BCUT2D eigenvalue weighted by molar-refractivity contribution is 0.301. The number of halogens is 4. The highest BCUT2D eigenvalue weighted by Crippen LogP contribution is 2.31. The first-order valence-corrected chi connectivity index (χ1v) is 7.64. The van der Waals surface area contributed by atoms with E-state index in [-0.39, 0.29) is 11.6 Å². The number of hydrogen-bond acceptors (Lipinski definition) is 1. The Balaban J connectivity index is 2.25. The predicted molar refractivity (Wildman–Crippen MR) is 84.2 cm³/mol. The molecule has 2 aromatic rings. The molecule has 0 amide bonds. The molecule has 0 aliphatic rings.